The number of carbonyl (C=O) groups is 1. The molecule has 0 radical (unpaired) electrons. The molecule has 2 aromatic rings. The molecule has 3 heterocycles. The fourth-order valence-electron chi connectivity index (χ4n) is 2.79. The molecule has 0 aliphatic carbocycles. The monoisotopic (exact) mass is 304 g/mol. The predicted molar refractivity (Wildman–Crippen MR) is 78.5 cm³/mol. The lowest BCUT2D eigenvalue weighted by Gasteiger charge is -2.37. The van der Waals surface area contributed by atoms with Crippen LogP contribution in [0.3, 0.4) is 0 Å². The van der Waals surface area contributed by atoms with E-state index in [0.717, 1.165) is 12.3 Å². The minimum atomic E-state index is -0.0767. The number of likely N-dealkylation sites (N-methyl/N-ethyl adjacent to an activating group) is 1. The third-order valence-corrected chi connectivity index (χ3v) is 4.03. The maximum atomic E-state index is 12.7. The summed E-state index contributed by atoms with van der Waals surface area (Å²) in [6, 6.07) is 1.72. The van der Waals surface area contributed by atoms with E-state index >= 15 is 0 Å². The maximum absolute atomic E-state index is 12.7. The Hall–Kier alpha value is -2.15. The molecule has 0 unspecified atom stereocenters. The van der Waals surface area contributed by atoms with E-state index in [-0.39, 0.29) is 11.9 Å². The van der Waals surface area contributed by atoms with Gasteiger partial charge in [0, 0.05) is 19.6 Å². The standard InChI is InChI=1S/C15H20N4O3/c1-9-7-12(10(2)21-9)15(20)19-6-5-18(4)13(8-19)14-16-11(3)17-22-14/h7,13H,5-6,8H2,1-4H3/t13-/m1/s1. The lowest BCUT2D eigenvalue weighted by atomic mass is 10.1. The van der Waals surface area contributed by atoms with Gasteiger partial charge in [-0.25, -0.2) is 0 Å². The number of nitrogens with zero attached hydrogens (tertiary/aromatic N) is 4. The van der Waals surface area contributed by atoms with E-state index in [2.05, 4.69) is 15.0 Å². The van der Waals surface area contributed by atoms with E-state index in [0.29, 0.717) is 36.1 Å². The summed E-state index contributed by atoms with van der Waals surface area (Å²) in [7, 11) is 2.00. The van der Waals surface area contributed by atoms with Gasteiger partial charge in [-0.3, -0.25) is 9.69 Å². The highest BCUT2D eigenvalue weighted by atomic mass is 16.5. The first-order valence-corrected chi connectivity index (χ1v) is 7.32. The third-order valence-electron chi connectivity index (χ3n) is 4.03. The first kappa shape index (κ1) is 14.8. The van der Waals surface area contributed by atoms with Crippen molar-refractivity contribution in [3.05, 3.63) is 34.9 Å². The zero-order valence-corrected chi connectivity index (χ0v) is 13.3. The molecular formula is C15H20N4O3. The lowest BCUT2D eigenvalue weighted by Crippen LogP contribution is -2.49. The highest BCUT2D eigenvalue weighted by molar-refractivity contribution is 5.95. The summed E-state index contributed by atoms with van der Waals surface area (Å²) in [6.07, 6.45) is 0. The first-order chi connectivity index (χ1) is 10.5. The molecule has 1 fully saturated rings. The number of amides is 1. The largest absolute Gasteiger partial charge is 0.466 e. The Morgan fingerprint density at radius 1 is 1.32 bits per heavy atom. The second-order valence-corrected chi connectivity index (χ2v) is 5.75. The van der Waals surface area contributed by atoms with Crippen LogP contribution in [0.1, 0.15) is 39.6 Å². The summed E-state index contributed by atoms with van der Waals surface area (Å²) in [4.78, 5) is 21.0. The highest BCUT2D eigenvalue weighted by Crippen LogP contribution is 2.25. The Labute approximate surface area is 128 Å². The molecule has 1 amide bonds. The molecular weight excluding hydrogens is 284 g/mol. The fourth-order valence-corrected chi connectivity index (χ4v) is 2.79. The van der Waals surface area contributed by atoms with Gasteiger partial charge in [0.15, 0.2) is 5.82 Å². The van der Waals surface area contributed by atoms with Crippen molar-refractivity contribution in [3.8, 4) is 0 Å². The van der Waals surface area contributed by atoms with Crippen LogP contribution >= 0.6 is 0 Å². The molecule has 1 saturated heterocycles. The number of aryl methyl sites for hydroxylation is 3. The van der Waals surface area contributed by atoms with Gasteiger partial charge in [0.1, 0.15) is 17.6 Å². The van der Waals surface area contributed by atoms with Gasteiger partial charge in [-0.1, -0.05) is 5.16 Å². The average molecular weight is 304 g/mol. The van der Waals surface area contributed by atoms with Crippen LogP contribution in [0.25, 0.3) is 0 Å². The first-order valence-electron chi connectivity index (χ1n) is 7.32. The van der Waals surface area contributed by atoms with Crippen LogP contribution in [0.15, 0.2) is 15.0 Å². The number of rotatable bonds is 2. The SMILES string of the molecule is Cc1noc([C@H]2CN(C(=O)c3cc(C)oc3C)CCN2C)n1. The van der Waals surface area contributed by atoms with E-state index in [1.165, 1.54) is 0 Å². The van der Waals surface area contributed by atoms with Crippen molar-refractivity contribution in [3.63, 3.8) is 0 Å². The maximum Gasteiger partial charge on any atom is 0.257 e. The second-order valence-electron chi connectivity index (χ2n) is 5.75. The average Bonchev–Trinajstić information content (AvgIpc) is 3.04. The summed E-state index contributed by atoms with van der Waals surface area (Å²) in [6.45, 7) is 7.40. The number of carbonyl (C=O) groups excluding carboxylic acids is 1. The fraction of sp³-hybridized carbons (Fsp3) is 0.533. The molecule has 0 N–H and O–H groups in total. The summed E-state index contributed by atoms with van der Waals surface area (Å²) in [5, 5.41) is 3.84. The van der Waals surface area contributed by atoms with Gasteiger partial charge in [0.2, 0.25) is 5.89 Å². The Morgan fingerprint density at radius 3 is 2.68 bits per heavy atom. The molecule has 2 aromatic heterocycles. The van der Waals surface area contributed by atoms with Crippen molar-refractivity contribution >= 4 is 5.91 Å². The van der Waals surface area contributed by atoms with E-state index in [1.807, 2.05) is 25.8 Å². The van der Waals surface area contributed by atoms with Gasteiger partial charge < -0.3 is 13.8 Å². The summed E-state index contributed by atoms with van der Waals surface area (Å²) >= 11 is 0. The minimum absolute atomic E-state index is 0.0105. The zero-order valence-electron chi connectivity index (χ0n) is 13.3. The Bertz CT molecular complexity index is 691. The second kappa shape index (κ2) is 5.57. The van der Waals surface area contributed by atoms with Crippen LogP contribution in [-0.4, -0.2) is 52.5 Å². The molecule has 7 nitrogen and oxygen atoms in total. The van der Waals surface area contributed by atoms with Crippen molar-refractivity contribution in [2.45, 2.75) is 26.8 Å². The van der Waals surface area contributed by atoms with Crippen LogP contribution in [0.4, 0.5) is 0 Å². The molecule has 1 atom stereocenters. The third kappa shape index (κ3) is 2.64. The normalized spacial score (nSPS) is 19.6. The molecule has 0 saturated carbocycles. The molecule has 1 aliphatic rings. The van der Waals surface area contributed by atoms with Gasteiger partial charge in [0.05, 0.1) is 5.56 Å². The van der Waals surface area contributed by atoms with Crippen LogP contribution in [0, 0.1) is 20.8 Å². The molecule has 22 heavy (non-hydrogen) atoms. The number of piperazine rings is 1. The number of hydrogen-bond donors (Lipinski definition) is 0. The Morgan fingerprint density at radius 2 is 2.09 bits per heavy atom. The Kier molecular flexibility index (Phi) is 3.74. The van der Waals surface area contributed by atoms with Crippen LogP contribution in [0.5, 0.6) is 0 Å². The summed E-state index contributed by atoms with van der Waals surface area (Å²) in [5.74, 6) is 2.56. The number of aromatic nitrogens is 2. The van der Waals surface area contributed by atoms with Crippen molar-refractivity contribution in [2.24, 2.45) is 0 Å². The predicted octanol–water partition coefficient (Wildman–Crippen LogP) is 1.72. The van der Waals surface area contributed by atoms with E-state index < -0.39 is 0 Å². The molecule has 0 bridgehead atoms. The van der Waals surface area contributed by atoms with Crippen molar-refractivity contribution < 1.29 is 13.7 Å². The number of furan rings is 1. The van der Waals surface area contributed by atoms with E-state index in [1.54, 1.807) is 13.0 Å². The van der Waals surface area contributed by atoms with Gasteiger partial charge >= 0.3 is 0 Å². The summed E-state index contributed by atoms with van der Waals surface area (Å²) < 4.78 is 10.7. The van der Waals surface area contributed by atoms with Crippen molar-refractivity contribution in [2.75, 3.05) is 26.7 Å². The van der Waals surface area contributed by atoms with Crippen LogP contribution < -0.4 is 0 Å². The van der Waals surface area contributed by atoms with Crippen molar-refractivity contribution in [1.29, 1.82) is 0 Å². The van der Waals surface area contributed by atoms with Crippen LogP contribution in [0.2, 0.25) is 0 Å². The Balaban J connectivity index is 1.81. The molecule has 118 valence electrons. The molecule has 1 aliphatic heterocycles. The van der Waals surface area contributed by atoms with E-state index in [9.17, 15) is 4.79 Å². The van der Waals surface area contributed by atoms with Gasteiger partial charge in [-0.15, -0.1) is 0 Å². The molecule has 7 heteroatoms. The zero-order chi connectivity index (χ0) is 15.9. The van der Waals surface area contributed by atoms with Crippen LogP contribution in [-0.2, 0) is 0 Å². The highest BCUT2D eigenvalue weighted by Gasteiger charge is 2.33. The number of hydrogen-bond acceptors (Lipinski definition) is 6. The molecule has 0 aromatic carbocycles. The molecule has 0 spiro atoms. The topological polar surface area (TPSA) is 75.6 Å². The smallest absolute Gasteiger partial charge is 0.257 e. The molecule has 3 rings (SSSR count). The van der Waals surface area contributed by atoms with Crippen molar-refractivity contribution in [1.82, 2.24) is 19.9 Å². The lowest BCUT2D eigenvalue weighted by molar-refractivity contribution is 0.0487. The van der Waals surface area contributed by atoms with Gasteiger partial charge in [0.25, 0.3) is 5.91 Å². The van der Waals surface area contributed by atoms with E-state index in [4.69, 9.17) is 8.94 Å². The van der Waals surface area contributed by atoms with Gasteiger partial charge in [-0.05, 0) is 33.9 Å². The summed E-state index contributed by atoms with van der Waals surface area (Å²) in [5.41, 5.74) is 0.627. The quantitative estimate of drug-likeness (QED) is 0.841. The minimum Gasteiger partial charge on any atom is -0.466 e. The van der Waals surface area contributed by atoms with Gasteiger partial charge in [-0.2, -0.15) is 4.98 Å².